The molecule has 5 aliphatic rings. The van der Waals surface area contributed by atoms with Gasteiger partial charge in [0.1, 0.15) is 17.9 Å². The molecule has 11 nitrogen and oxygen atoms in total. The van der Waals surface area contributed by atoms with Crippen molar-refractivity contribution in [2.45, 2.75) is 62.9 Å². The maximum absolute atomic E-state index is 13.0. The third-order valence-electron chi connectivity index (χ3n) is 9.76. The molecule has 8 rings (SSSR count). The normalized spacial score (nSPS) is 27.2. The maximum atomic E-state index is 13.0. The average molecular weight is 585 g/mol. The number of nitrogens with zero attached hydrogens (tertiary/aromatic N) is 5. The smallest absolute Gasteiger partial charge is 0.255 e. The quantitative estimate of drug-likeness (QED) is 0.437. The number of amides is 3. The fourth-order valence-electron chi connectivity index (χ4n) is 7.27. The van der Waals surface area contributed by atoms with Crippen molar-refractivity contribution >= 4 is 34.6 Å². The number of ether oxygens (including phenoxy) is 2. The molecule has 6 heterocycles. The molecule has 1 unspecified atom stereocenters. The van der Waals surface area contributed by atoms with Crippen molar-refractivity contribution in [2.24, 2.45) is 0 Å². The number of nitrogens with one attached hydrogen (secondary N) is 1. The van der Waals surface area contributed by atoms with E-state index in [-0.39, 0.29) is 31.3 Å². The molecular weight excluding hydrogens is 548 g/mol. The lowest BCUT2D eigenvalue weighted by Crippen LogP contribution is -2.61. The highest BCUT2D eigenvalue weighted by Gasteiger charge is 2.49. The molecule has 11 heteroatoms. The molecule has 2 aromatic carbocycles. The number of piperidine rings is 1. The zero-order valence-electron chi connectivity index (χ0n) is 24.0. The van der Waals surface area contributed by atoms with Crippen molar-refractivity contribution in [2.75, 3.05) is 37.7 Å². The molecule has 5 aliphatic heterocycles. The fourth-order valence-corrected chi connectivity index (χ4v) is 7.27. The van der Waals surface area contributed by atoms with Crippen molar-refractivity contribution in [1.29, 1.82) is 0 Å². The van der Waals surface area contributed by atoms with Gasteiger partial charge in [-0.05, 0) is 67.1 Å². The van der Waals surface area contributed by atoms with E-state index in [0.29, 0.717) is 18.5 Å². The largest absolute Gasteiger partial charge is 0.489 e. The van der Waals surface area contributed by atoms with Gasteiger partial charge in [0.2, 0.25) is 17.8 Å². The first kappa shape index (κ1) is 26.5. The number of anilines is 1. The van der Waals surface area contributed by atoms with Gasteiger partial charge in [-0.2, -0.15) is 0 Å². The zero-order chi connectivity index (χ0) is 29.1. The van der Waals surface area contributed by atoms with E-state index >= 15 is 0 Å². The summed E-state index contributed by atoms with van der Waals surface area (Å²) < 4.78 is 12.0. The summed E-state index contributed by atoms with van der Waals surface area (Å²) in [6.45, 7) is 5.47. The topological polar surface area (TPSA) is 117 Å². The van der Waals surface area contributed by atoms with Gasteiger partial charge in [-0.1, -0.05) is 6.07 Å². The molecule has 1 N–H and O–H groups in total. The summed E-state index contributed by atoms with van der Waals surface area (Å²) in [7, 11) is 0. The van der Waals surface area contributed by atoms with Crippen molar-refractivity contribution in [1.82, 2.24) is 25.1 Å². The Morgan fingerprint density at radius 2 is 2.02 bits per heavy atom. The summed E-state index contributed by atoms with van der Waals surface area (Å²) >= 11 is 0. The third kappa shape index (κ3) is 4.71. The predicted molar refractivity (Wildman–Crippen MR) is 159 cm³/mol. The number of hydrogen-bond donors (Lipinski definition) is 1. The van der Waals surface area contributed by atoms with E-state index in [1.165, 1.54) is 5.56 Å². The Bertz CT molecular complexity index is 1640. The second-order valence-corrected chi connectivity index (χ2v) is 12.5. The van der Waals surface area contributed by atoms with Crippen molar-refractivity contribution in [3.63, 3.8) is 0 Å². The number of rotatable bonds is 6. The molecule has 3 amide bonds. The van der Waals surface area contributed by atoms with Crippen LogP contribution in [-0.4, -0.2) is 88.0 Å². The summed E-state index contributed by atoms with van der Waals surface area (Å²) in [4.78, 5) is 52.7. The average Bonchev–Trinajstić information content (AvgIpc) is 3.73. The Balaban J connectivity index is 0.00000312. The molecule has 0 aliphatic carbocycles. The third-order valence-corrected chi connectivity index (χ3v) is 9.76. The SMILES string of the molecule is O=C1CCC(N2Cc3cc(O[C@H]4CCN(Cc5ccc6nc(N7CC[C@@]78CCOC8)ncc6c5)C4)ccc3C2=O)C(=O)N1.[HH]. The highest BCUT2D eigenvalue weighted by atomic mass is 16.5. The van der Waals surface area contributed by atoms with Crippen LogP contribution in [0.1, 0.15) is 55.0 Å². The van der Waals surface area contributed by atoms with Crippen LogP contribution in [-0.2, 0) is 27.4 Å². The maximum Gasteiger partial charge on any atom is 0.255 e. The summed E-state index contributed by atoms with van der Waals surface area (Å²) in [5.74, 6) is 0.674. The molecule has 1 spiro atoms. The lowest BCUT2D eigenvalue weighted by molar-refractivity contribution is -0.136. The lowest BCUT2D eigenvalue weighted by atomic mass is 9.84. The molecule has 0 radical (unpaired) electrons. The summed E-state index contributed by atoms with van der Waals surface area (Å²) in [5.41, 5.74) is 3.72. The van der Waals surface area contributed by atoms with Crippen LogP contribution in [0.25, 0.3) is 10.9 Å². The highest BCUT2D eigenvalue weighted by molar-refractivity contribution is 6.05. The van der Waals surface area contributed by atoms with E-state index in [4.69, 9.17) is 19.4 Å². The molecule has 1 aromatic heterocycles. The Morgan fingerprint density at radius 1 is 1.09 bits per heavy atom. The van der Waals surface area contributed by atoms with Crippen molar-refractivity contribution in [3.05, 3.63) is 59.3 Å². The van der Waals surface area contributed by atoms with E-state index < -0.39 is 11.9 Å². The first-order chi connectivity index (χ1) is 20.9. The van der Waals surface area contributed by atoms with Gasteiger partial charge in [-0.15, -0.1) is 0 Å². The van der Waals surface area contributed by atoms with Crippen molar-refractivity contribution in [3.8, 4) is 5.75 Å². The first-order valence-corrected chi connectivity index (χ1v) is 15.2. The number of benzene rings is 2. The predicted octanol–water partition coefficient (Wildman–Crippen LogP) is 2.66. The Kier molecular flexibility index (Phi) is 6.34. The minimum absolute atomic E-state index is 0. The number of likely N-dealkylation sites (tertiary alicyclic amines) is 1. The molecule has 4 fully saturated rings. The molecule has 0 saturated carbocycles. The first-order valence-electron chi connectivity index (χ1n) is 15.2. The van der Waals surface area contributed by atoms with Crippen LogP contribution in [0.5, 0.6) is 5.75 Å². The van der Waals surface area contributed by atoms with E-state index in [1.807, 2.05) is 18.3 Å². The molecule has 43 heavy (non-hydrogen) atoms. The van der Waals surface area contributed by atoms with Crippen LogP contribution in [0.15, 0.2) is 42.6 Å². The molecule has 4 saturated heterocycles. The summed E-state index contributed by atoms with van der Waals surface area (Å²) in [5, 5.41) is 3.40. The number of aromatic nitrogens is 2. The van der Waals surface area contributed by atoms with Gasteiger partial charge in [0.25, 0.3) is 5.91 Å². The van der Waals surface area contributed by atoms with Gasteiger partial charge in [0.15, 0.2) is 0 Å². The monoisotopic (exact) mass is 584 g/mol. The second kappa shape index (κ2) is 10.3. The number of fused-ring (bicyclic) bond motifs is 2. The minimum Gasteiger partial charge on any atom is -0.489 e. The van der Waals surface area contributed by atoms with Crippen LogP contribution < -0.4 is 15.0 Å². The highest BCUT2D eigenvalue weighted by Crippen LogP contribution is 2.40. The standard InChI is InChI=1S/C32H34N6O5.H2/c39-28-6-5-27(29(40)35-28)37-17-22-14-23(2-3-25(22)30(37)41)43-24-7-10-36(18-24)16-20-1-4-26-21(13-20)15-33-31(34-26)38-11-8-32(38)9-12-42-19-32;/h1-4,13-15,24,27H,5-12,16-19H2,(H,35,39,40);1H/t24-,27?,32-;/m0./s1. The minimum atomic E-state index is -0.617. The fraction of sp³-hybridized carbons (Fsp3) is 0.469. The van der Waals surface area contributed by atoms with Crippen LogP contribution in [0.2, 0.25) is 0 Å². The summed E-state index contributed by atoms with van der Waals surface area (Å²) in [6.07, 6.45) is 5.69. The van der Waals surface area contributed by atoms with E-state index in [2.05, 4.69) is 33.3 Å². The Hall–Kier alpha value is -4.09. The zero-order valence-corrected chi connectivity index (χ0v) is 24.0. The lowest BCUT2D eigenvalue weighted by Gasteiger charge is -2.49. The van der Waals surface area contributed by atoms with Gasteiger partial charge < -0.3 is 19.3 Å². The number of carbonyl (C=O) groups excluding carboxylic acids is 3. The van der Waals surface area contributed by atoms with E-state index in [9.17, 15) is 14.4 Å². The molecule has 3 atom stereocenters. The molecular formula is C32H36N6O5. The van der Waals surface area contributed by atoms with Gasteiger partial charge >= 0.3 is 0 Å². The van der Waals surface area contributed by atoms with Gasteiger partial charge in [0.05, 0.1) is 17.7 Å². The van der Waals surface area contributed by atoms with Gasteiger partial charge in [0, 0.05) is 64.3 Å². The molecule has 224 valence electrons. The van der Waals surface area contributed by atoms with Crippen LogP contribution in [0.4, 0.5) is 5.95 Å². The van der Waals surface area contributed by atoms with Crippen LogP contribution >= 0.6 is 0 Å². The van der Waals surface area contributed by atoms with Gasteiger partial charge in [-0.3, -0.25) is 24.6 Å². The van der Waals surface area contributed by atoms with Crippen LogP contribution in [0, 0.1) is 0 Å². The van der Waals surface area contributed by atoms with E-state index in [0.717, 1.165) is 86.8 Å². The Labute approximate surface area is 250 Å². The number of hydrogen-bond acceptors (Lipinski definition) is 9. The number of carbonyl (C=O) groups is 3. The van der Waals surface area contributed by atoms with E-state index in [1.54, 1.807) is 11.0 Å². The van der Waals surface area contributed by atoms with Crippen molar-refractivity contribution < 1.29 is 25.3 Å². The second-order valence-electron chi connectivity index (χ2n) is 12.5. The number of imide groups is 1. The van der Waals surface area contributed by atoms with Gasteiger partial charge in [-0.25, -0.2) is 9.97 Å². The Morgan fingerprint density at radius 3 is 2.84 bits per heavy atom. The molecule has 0 bridgehead atoms. The molecule has 3 aromatic rings. The summed E-state index contributed by atoms with van der Waals surface area (Å²) in [6, 6.07) is 11.4. The van der Waals surface area contributed by atoms with Crippen LogP contribution in [0.3, 0.4) is 0 Å².